The molecule has 7 nitrogen and oxygen atoms in total. The van der Waals surface area contributed by atoms with Gasteiger partial charge in [0, 0.05) is 19.3 Å². The van der Waals surface area contributed by atoms with Crippen LogP contribution in [0.4, 0.5) is 13.2 Å². The maximum Gasteiger partial charge on any atom is 0.573 e. The predicted molar refractivity (Wildman–Crippen MR) is 77.2 cm³/mol. The van der Waals surface area contributed by atoms with Crippen molar-refractivity contribution in [2.24, 2.45) is 0 Å². The van der Waals surface area contributed by atoms with Crippen molar-refractivity contribution in [3.63, 3.8) is 0 Å². The summed E-state index contributed by atoms with van der Waals surface area (Å²) in [6.07, 6.45) is -4.05. The van der Waals surface area contributed by atoms with Crippen LogP contribution in [0.1, 0.15) is 19.4 Å². The molecule has 0 aliphatic carbocycles. The van der Waals surface area contributed by atoms with Gasteiger partial charge in [-0.15, -0.1) is 13.2 Å². The molecule has 0 unspecified atom stereocenters. The minimum atomic E-state index is -5.04. The van der Waals surface area contributed by atoms with Crippen LogP contribution in [-0.2, 0) is 19.1 Å². The first-order valence-electron chi connectivity index (χ1n) is 6.82. The SMILES string of the molecule is CC1(C)OC(=O)C(=Cc2ccc(OC(F)(F)F)c(B(O)O)c2)C(=O)O1. The first-order valence-corrected chi connectivity index (χ1v) is 6.82. The van der Waals surface area contributed by atoms with Gasteiger partial charge < -0.3 is 24.3 Å². The number of carbonyl (C=O) groups is 2. The van der Waals surface area contributed by atoms with Crippen molar-refractivity contribution >= 4 is 30.6 Å². The molecule has 2 N–H and O–H groups in total. The molecule has 1 aliphatic rings. The van der Waals surface area contributed by atoms with E-state index in [-0.39, 0.29) is 5.56 Å². The molecule has 0 saturated carbocycles. The molecule has 0 radical (unpaired) electrons. The summed E-state index contributed by atoms with van der Waals surface area (Å²) in [7, 11) is -2.28. The molecule has 0 atom stereocenters. The monoisotopic (exact) mass is 360 g/mol. The van der Waals surface area contributed by atoms with Gasteiger partial charge in [0.05, 0.1) is 0 Å². The van der Waals surface area contributed by atoms with Crippen LogP contribution >= 0.6 is 0 Å². The van der Waals surface area contributed by atoms with Gasteiger partial charge >= 0.3 is 25.4 Å². The highest BCUT2D eigenvalue weighted by Gasteiger charge is 2.39. The number of benzene rings is 1. The normalized spacial score (nSPS) is 16.8. The number of halogens is 3. The number of rotatable bonds is 3. The molecule has 0 aromatic heterocycles. The highest BCUT2D eigenvalue weighted by Crippen LogP contribution is 2.25. The summed E-state index contributed by atoms with van der Waals surface area (Å²) in [6, 6.07) is 2.82. The molecule has 0 bridgehead atoms. The van der Waals surface area contributed by atoms with E-state index in [9.17, 15) is 32.8 Å². The Labute approximate surface area is 139 Å². The Morgan fingerprint density at radius 2 is 1.72 bits per heavy atom. The molecule has 0 spiro atoms. The number of cyclic esters (lactones) is 2. The van der Waals surface area contributed by atoms with Gasteiger partial charge in [0.25, 0.3) is 5.79 Å². The first kappa shape index (κ1) is 18.8. The summed E-state index contributed by atoms with van der Waals surface area (Å²) in [5.74, 6) is -4.24. The van der Waals surface area contributed by atoms with Gasteiger partial charge in [0.2, 0.25) is 0 Å². The summed E-state index contributed by atoms with van der Waals surface area (Å²) < 4.78 is 50.4. The van der Waals surface area contributed by atoms with Gasteiger partial charge in [-0.2, -0.15) is 0 Å². The molecule has 1 aromatic carbocycles. The van der Waals surface area contributed by atoms with Crippen LogP contribution in [0.15, 0.2) is 23.8 Å². The number of carbonyl (C=O) groups excluding carboxylic acids is 2. The quantitative estimate of drug-likeness (QED) is 0.350. The maximum absolute atomic E-state index is 12.3. The van der Waals surface area contributed by atoms with Crippen LogP contribution in [0.3, 0.4) is 0 Å². The van der Waals surface area contributed by atoms with Crippen molar-refractivity contribution in [2.75, 3.05) is 0 Å². The lowest BCUT2D eigenvalue weighted by Gasteiger charge is -2.29. The second-order valence-electron chi connectivity index (χ2n) is 5.46. The number of ether oxygens (including phenoxy) is 3. The van der Waals surface area contributed by atoms with Crippen molar-refractivity contribution < 1.29 is 47.0 Å². The number of alkyl halides is 3. The van der Waals surface area contributed by atoms with Gasteiger partial charge in [-0.25, -0.2) is 9.59 Å². The fraction of sp³-hybridized carbons (Fsp3) is 0.286. The fourth-order valence-electron chi connectivity index (χ4n) is 2.02. The van der Waals surface area contributed by atoms with Crippen LogP contribution < -0.4 is 10.2 Å². The van der Waals surface area contributed by atoms with Crippen molar-refractivity contribution in [1.29, 1.82) is 0 Å². The third-order valence-electron chi connectivity index (χ3n) is 2.97. The summed E-state index contributed by atoms with van der Waals surface area (Å²) in [5, 5.41) is 18.4. The van der Waals surface area contributed by atoms with Gasteiger partial charge in [0.15, 0.2) is 0 Å². The van der Waals surface area contributed by atoms with Crippen molar-refractivity contribution in [1.82, 2.24) is 0 Å². The predicted octanol–water partition coefficient (Wildman–Crippen LogP) is 0.484. The van der Waals surface area contributed by atoms with Crippen LogP contribution in [0.5, 0.6) is 5.75 Å². The van der Waals surface area contributed by atoms with Crippen LogP contribution in [0, 0.1) is 0 Å². The lowest BCUT2D eigenvalue weighted by atomic mass is 9.78. The van der Waals surface area contributed by atoms with Crippen molar-refractivity contribution in [3.05, 3.63) is 29.3 Å². The molecular weight excluding hydrogens is 348 g/mol. The second kappa shape index (κ2) is 6.41. The van der Waals surface area contributed by atoms with E-state index in [0.29, 0.717) is 0 Å². The molecule has 0 amide bonds. The lowest BCUT2D eigenvalue weighted by molar-refractivity contribution is -0.274. The average Bonchev–Trinajstić information content (AvgIpc) is 2.41. The molecule has 134 valence electrons. The minimum absolute atomic E-state index is 0.0289. The Kier molecular flexibility index (Phi) is 4.82. The summed E-state index contributed by atoms with van der Waals surface area (Å²) in [5.41, 5.74) is -1.08. The van der Waals surface area contributed by atoms with E-state index in [1.807, 2.05) is 0 Å². The number of hydrogen-bond donors (Lipinski definition) is 2. The molecule has 25 heavy (non-hydrogen) atoms. The molecule has 1 heterocycles. The molecule has 1 saturated heterocycles. The molecule has 2 rings (SSSR count). The van der Waals surface area contributed by atoms with E-state index in [4.69, 9.17) is 9.47 Å². The molecule has 1 fully saturated rings. The smallest absolute Gasteiger partial charge is 0.423 e. The van der Waals surface area contributed by atoms with Crippen LogP contribution in [0.2, 0.25) is 0 Å². The van der Waals surface area contributed by atoms with Gasteiger partial charge in [-0.1, -0.05) is 12.1 Å². The van der Waals surface area contributed by atoms with Crippen LogP contribution in [0.25, 0.3) is 6.08 Å². The average molecular weight is 360 g/mol. The standard InChI is InChI=1S/C14H12BF3O7/c1-13(2)24-11(19)8(12(20)25-13)5-7-3-4-10(23-14(16,17)18)9(6-7)15(21)22/h3-6,21-22H,1-2H3. The summed E-state index contributed by atoms with van der Waals surface area (Å²) >= 11 is 0. The molecule has 11 heteroatoms. The lowest BCUT2D eigenvalue weighted by Crippen LogP contribution is -2.41. The number of esters is 2. The first-order chi connectivity index (χ1) is 11.4. The zero-order valence-electron chi connectivity index (χ0n) is 13.0. The Balaban J connectivity index is 2.39. The maximum atomic E-state index is 12.3. The third kappa shape index (κ3) is 4.73. The van der Waals surface area contributed by atoms with Gasteiger partial charge in [-0.3, -0.25) is 0 Å². The van der Waals surface area contributed by atoms with E-state index in [1.54, 1.807) is 0 Å². The zero-order valence-corrected chi connectivity index (χ0v) is 13.0. The molecular formula is C14H12BF3O7. The Bertz CT molecular complexity index is 718. The Hall–Kier alpha value is -2.53. The molecule has 1 aromatic rings. The summed E-state index contributed by atoms with van der Waals surface area (Å²) in [4.78, 5) is 23.7. The minimum Gasteiger partial charge on any atom is -0.423 e. The fourth-order valence-corrected chi connectivity index (χ4v) is 2.02. The second-order valence-corrected chi connectivity index (χ2v) is 5.46. The zero-order chi connectivity index (χ0) is 19.0. The highest BCUT2D eigenvalue weighted by atomic mass is 19.4. The molecule has 1 aliphatic heterocycles. The third-order valence-corrected chi connectivity index (χ3v) is 2.97. The largest absolute Gasteiger partial charge is 0.573 e. The van der Waals surface area contributed by atoms with E-state index >= 15 is 0 Å². The topological polar surface area (TPSA) is 102 Å². The van der Waals surface area contributed by atoms with Gasteiger partial charge in [0.1, 0.15) is 11.3 Å². The van der Waals surface area contributed by atoms with E-state index in [0.717, 1.165) is 24.3 Å². The van der Waals surface area contributed by atoms with E-state index in [1.165, 1.54) is 13.8 Å². The van der Waals surface area contributed by atoms with Crippen molar-refractivity contribution in [3.8, 4) is 5.75 Å². The van der Waals surface area contributed by atoms with Crippen LogP contribution in [-0.4, -0.2) is 41.3 Å². The van der Waals surface area contributed by atoms with E-state index < -0.39 is 48.0 Å². The number of hydrogen-bond acceptors (Lipinski definition) is 7. The highest BCUT2D eigenvalue weighted by molar-refractivity contribution is 6.59. The van der Waals surface area contributed by atoms with E-state index in [2.05, 4.69) is 4.74 Å². The van der Waals surface area contributed by atoms with Gasteiger partial charge in [-0.05, 0) is 17.7 Å². The summed E-state index contributed by atoms with van der Waals surface area (Å²) in [6.45, 7) is 2.70. The van der Waals surface area contributed by atoms with Crippen molar-refractivity contribution in [2.45, 2.75) is 26.0 Å². The Morgan fingerprint density at radius 3 is 2.20 bits per heavy atom. The Morgan fingerprint density at radius 1 is 1.16 bits per heavy atom.